The van der Waals surface area contributed by atoms with E-state index in [1.54, 1.807) is 0 Å². The molecule has 21 heavy (non-hydrogen) atoms. The van der Waals surface area contributed by atoms with E-state index < -0.39 is 0 Å². The average Bonchev–Trinajstić information content (AvgIpc) is 3.27. The van der Waals surface area contributed by atoms with E-state index >= 15 is 0 Å². The second-order valence-corrected chi connectivity index (χ2v) is 5.98. The Hall–Kier alpha value is -1.39. The number of nitrogens with two attached hydrogens (primary N) is 1. The van der Waals surface area contributed by atoms with E-state index in [0.29, 0.717) is 31.6 Å². The number of rotatable bonds is 7. The molecule has 4 nitrogen and oxygen atoms in total. The fourth-order valence-electron chi connectivity index (χ4n) is 2.98. The largest absolute Gasteiger partial charge is 0.329 e. The Morgan fingerprint density at radius 1 is 1.38 bits per heavy atom. The van der Waals surface area contributed by atoms with Gasteiger partial charge in [0, 0.05) is 24.8 Å². The zero-order valence-electron chi connectivity index (χ0n) is 13.4. The number of para-hydroxylation sites is 1. The highest BCUT2D eigenvalue weighted by atomic mass is 16.2. The molecular weight excluding hydrogens is 262 g/mol. The molecule has 2 N–H and O–H groups in total. The van der Waals surface area contributed by atoms with E-state index in [2.05, 4.69) is 4.90 Å². The molecule has 1 aliphatic carbocycles. The molecule has 1 aromatic rings. The van der Waals surface area contributed by atoms with Gasteiger partial charge in [0.15, 0.2) is 0 Å². The zero-order valence-corrected chi connectivity index (χ0v) is 13.4. The molecular formula is C17H27N3O. The molecule has 0 bridgehead atoms. The highest BCUT2D eigenvalue weighted by Gasteiger charge is 2.33. The molecule has 0 radical (unpaired) electrons. The number of benzene rings is 1. The van der Waals surface area contributed by atoms with Crippen LogP contribution < -0.4 is 10.6 Å². The minimum atomic E-state index is 0.147. The summed E-state index contributed by atoms with van der Waals surface area (Å²) < 4.78 is 0. The highest BCUT2D eigenvalue weighted by Crippen LogP contribution is 2.34. The first-order valence-corrected chi connectivity index (χ1v) is 7.84. The normalized spacial score (nSPS) is 16.0. The summed E-state index contributed by atoms with van der Waals surface area (Å²) >= 11 is 0. The van der Waals surface area contributed by atoms with Gasteiger partial charge >= 0.3 is 0 Å². The van der Waals surface area contributed by atoms with Crippen LogP contribution in [0.3, 0.4) is 0 Å². The highest BCUT2D eigenvalue weighted by molar-refractivity contribution is 5.95. The SMILES string of the molecule is CCN(C(=O)CN(C)C(CN)C1CC1)c1ccccc1C. The van der Waals surface area contributed by atoms with Gasteiger partial charge in [0.2, 0.25) is 5.91 Å². The molecule has 1 fully saturated rings. The van der Waals surface area contributed by atoms with Crippen molar-refractivity contribution >= 4 is 11.6 Å². The first kappa shape index (κ1) is 16.0. The van der Waals surface area contributed by atoms with Crippen LogP contribution in [0.15, 0.2) is 24.3 Å². The summed E-state index contributed by atoms with van der Waals surface area (Å²) in [5.41, 5.74) is 8.01. The van der Waals surface area contributed by atoms with E-state index in [9.17, 15) is 4.79 Å². The van der Waals surface area contributed by atoms with E-state index in [4.69, 9.17) is 5.73 Å². The van der Waals surface area contributed by atoms with Gasteiger partial charge in [-0.3, -0.25) is 9.69 Å². The standard InChI is InChI=1S/C17H27N3O/c1-4-20(15-8-6-5-7-13(15)2)17(21)12-19(3)16(11-18)14-9-10-14/h5-8,14,16H,4,9-12,18H2,1-3H3. The summed E-state index contributed by atoms with van der Waals surface area (Å²) in [6.45, 7) is 5.81. The molecule has 116 valence electrons. The van der Waals surface area contributed by atoms with Gasteiger partial charge in [0.25, 0.3) is 0 Å². The summed E-state index contributed by atoms with van der Waals surface area (Å²) in [7, 11) is 2.01. The van der Waals surface area contributed by atoms with Gasteiger partial charge < -0.3 is 10.6 Å². The maximum absolute atomic E-state index is 12.6. The Kier molecular flexibility index (Phi) is 5.37. The number of likely N-dealkylation sites (N-methyl/N-ethyl adjacent to an activating group) is 2. The number of nitrogens with zero attached hydrogens (tertiary/aromatic N) is 2. The predicted molar refractivity (Wildman–Crippen MR) is 87.4 cm³/mol. The first-order chi connectivity index (χ1) is 10.1. The van der Waals surface area contributed by atoms with E-state index in [-0.39, 0.29) is 5.91 Å². The Balaban J connectivity index is 2.05. The van der Waals surface area contributed by atoms with Crippen LogP contribution in [-0.4, -0.2) is 43.5 Å². The number of hydrogen-bond acceptors (Lipinski definition) is 3. The monoisotopic (exact) mass is 289 g/mol. The van der Waals surface area contributed by atoms with Gasteiger partial charge in [-0.05, 0) is 51.3 Å². The second kappa shape index (κ2) is 7.05. The van der Waals surface area contributed by atoms with Crippen LogP contribution in [0.25, 0.3) is 0 Å². The van der Waals surface area contributed by atoms with Crippen LogP contribution in [0.2, 0.25) is 0 Å². The smallest absolute Gasteiger partial charge is 0.241 e. The van der Waals surface area contributed by atoms with E-state index in [1.807, 2.05) is 50.1 Å². The summed E-state index contributed by atoms with van der Waals surface area (Å²) in [6, 6.07) is 8.37. The predicted octanol–water partition coefficient (Wildman–Crippen LogP) is 2.02. The number of amides is 1. The van der Waals surface area contributed by atoms with Crippen LogP contribution in [0.1, 0.15) is 25.3 Å². The van der Waals surface area contributed by atoms with Crippen molar-refractivity contribution in [3.05, 3.63) is 29.8 Å². The van der Waals surface area contributed by atoms with Crippen molar-refractivity contribution in [3.8, 4) is 0 Å². The molecule has 1 aliphatic rings. The molecule has 1 amide bonds. The first-order valence-electron chi connectivity index (χ1n) is 7.84. The number of aryl methyl sites for hydroxylation is 1. The molecule has 0 aliphatic heterocycles. The molecule has 4 heteroatoms. The lowest BCUT2D eigenvalue weighted by Crippen LogP contribution is -2.46. The molecule has 0 aromatic heterocycles. The second-order valence-electron chi connectivity index (χ2n) is 5.98. The minimum absolute atomic E-state index is 0.147. The molecule has 1 unspecified atom stereocenters. The molecule has 1 aromatic carbocycles. The van der Waals surface area contributed by atoms with Crippen molar-refractivity contribution in [3.63, 3.8) is 0 Å². The molecule has 2 rings (SSSR count). The summed E-state index contributed by atoms with van der Waals surface area (Å²) in [4.78, 5) is 16.6. The number of anilines is 1. The van der Waals surface area contributed by atoms with E-state index in [1.165, 1.54) is 12.8 Å². The van der Waals surface area contributed by atoms with Crippen molar-refractivity contribution in [2.45, 2.75) is 32.7 Å². The maximum Gasteiger partial charge on any atom is 0.241 e. The third-order valence-electron chi connectivity index (χ3n) is 4.38. The van der Waals surface area contributed by atoms with Crippen molar-refractivity contribution < 1.29 is 4.79 Å². The lowest BCUT2D eigenvalue weighted by molar-refractivity contribution is -0.119. The topological polar surface area (TPSA) is 49.6 Å². The number of carbonyl (C=O) groups is 1. The molecule has 0 spiro atoms. The van der Waals surface area contributed by atoms with Crippen molar-refractivity contribution in [1.29, 1.82) is 0 Å². The van der Waals surface area contributed by atoms with Crippen molar-refractivity contribution in [1.82, 2.24) is 4.90 Å². The third kappa shape index (κ3) is 3.83. The van der Waals surface area contributed by atoms with Crippen LogP contribution >= 0.6 is 0 Å². The van der Waals surface area contributed by atoms with Gasteiger partial charge in [0.1, 0.15) is 0 Å². The van der Waals surface area contributed by atoms with Crippen LogP contribution in [0.4, 0.5) is 5.69 Å². The van der Waals surface area contributed by atoms with Gasteiger partial charge in [-0.2, -0.15) is 0 Å². The van der Waals surface area contributed by atoms with E-state index in [0.717, 1.165) is 11.3 Å². The Morgan fingerprint density at radius 2 is 2.05 bits per heavy atom. The molecule has 0 saturated heterocycles. The Morgan fingerprint density at radius 3 is 2.57 bits per heavy atom. The fraction of sp³-hybridized carbons (Fsp3) is 0.588. The summed E-state index contributed by atoms with van der Waals surface area (Å²) in [6.07, 6.45) is 2.49. The van der Waals surface area contributed by atoms with Crippen LogP contribution in [0.5, 0.6) is 0 Å². The van der Waals surface area contributed by atoms with Gasteiger partial charge in [0.05, 0.1) is 6.54 Å². The number of carbonyl (C=O) groups excluding carboxylic acids is 1. The lowest BCUT2D eigenvalue weighted by Gasteiger charge is -2.30. The van der Waals surface area contributed by atoms with Crippen LogP contribution in [-0.2, 0) is 4.79 Å². The summed E-state index contributed by atoms with van der Waals surface area (Å²) in [5.74, 6) is 0.828. The fourth-order valence-corrected chi connectivity index (χ4v) is 2.98. The Bertz CT molecular complexity index is 485. The zero-order chi connectivity index (χ0) is 15.4. The Labute approximate surface area is 127 Å². The quantitative estimate of drug-likeness (QED) is 0.835. The maximum atomic E-state index is 12.6. The molecule has 1 atom stereocenters. The van der Waals surface area contributed by atoms with Crippen molar-refractivity contribution in [2.75, 3.05) is 31.6 Å². The lowest BCUT2D eigenvalue weighted by atomic mass is 10.1. The molecule has 0 heterocycles. The number of hydrogen-bond donors (Lipinski definition) is 1. The molecule has 1 saturated carbocycles. The van der Waals surface area contributed by atoms with Crippen molar-refractivity contribution in [2.24, 2.45) is 11.7 Å². The summed E-state index contributed by atoms with van der Waals surface area (Å²) in [5, 5.41) is 0. The van der Waals surface area contributed by atoms with Gasteiger partial charge in [-0.1, -0.05) is 18.2 Å². The third-order valence-corrected chi connectivity index (χ3v) is 4.38. The average molecular weight is 289 g/mol. The van der Waals surface area contributed by atoms with Crippen LogP contribution in [0, 0.1) is 12.8 Å². The minimum Gasteiger partial charge on any atom is -0.329 e. The van der Waals surface area contributed by atoms with Gasteiger partial charge in [-0.25, -0.2) is 0 Å². The van der Waals surface area contributed by atoms with Gasteiger partial charge in [-0.15, -0.1) is 0 Å².